The number of benzene rings is 2. The highest BCUT2D eigenvalue weighted by Crippen LogP contribution is 2.31. The third-order valence-corrected chi connectivity index (χ3v) is 6.11. The molecule has 0 saturated carbocycles. The van der Waals surface area contributed by atoms with Crippen molar-refractivity contribution in [2.24, 2.45) is 0 Å². The number of hydrogen-bond acceptors (Lipinski definition) is 4. The van der Waals surface area contributed by atoms with Crippen LogP contribution in [-0.4, -0.2) is 21.9 Å². The van der Waals surface area contributed by atoms with Gasteiger partial charge >= 0.3 is 0 Å². The van der Waals surface area contributed by atoms with E-state index in [9.17, 15) is 4.79 Å². The smallest absolute Gasteiger partial charge is 0.268 e. The lowest BCUT2D eigenvalue weighted by Gasteiger charge is -2.17. The molecule has 28 heavy (non-hydrogen) atoms. The van der Waals surface area contributed by atoms with Crippen LogP contribution in [0.25, 0.3) is 20.7 Å². The standard InChI is InChI=1S/C22H20ClN3OS/c1-14-5-3-4-6-16(14)12-26(2)13-20-24-18-11-19(28-21(18)22(27)25-20)15-7-9-17(23)10-8-15/h3-11H,12-13H2,1-2H3,(H,24,25,27). The summed E-state index contributed by atoms with van der Waals surface area (Å²) >= 11 is 7.42. The minimum atomic E-state index is -0.0884. The van der Waals surface area contributed by atoms with Crippen LogP contribution in [0.4, 0.5) is 0 Å². The van der Waals surface area contributed by atoms with E-state index < -0.39 is 0 Å². The first kappa shape index (κ1) is 18.9. The average molecular weight is 410 g/mol. The van der Waals surface area contributed by atoms with Crippen LogP contribution in [0.5, 0.6) is 0 Å². The lowest BCUT2D eigenvalue weighted by Crippen LogP contribution is -2.21. The van der Waals surface area contributed by atoms with Crippen molar-refractivity contribution in [3.8, 4) is 10.4 Å². The molecule has 0 aliphatic heterocycles. The predicted molar refractivity (Wildman–Crippen MR) is 117 cm³/mol. The highest BCUT2D eigenvalue weighted by molar-refractivity contribution is 7.22. The molecule has 0 aliphatic carbocycles. The van der Waals surface area contributed by atoms with Crippen molar-refractivity contribution in [1.29, 1.82) is 0 Å². The minimum absolute atomic E-state index is 0.0884. The molecule has 142 valence electrons. The van der Waals surface area contributed by atoms with Gasteiger partial charge in [-0.05, 0) is 48.9 Å². The van der Waals surface area contributed by atoms with Crippen molar-refractivity contribution in [3.05, 3.63) is 86.9 Å². The number of thiophene rings is 1. The van der Waals surface area contributed by atoms with Crippen molar-refractivity contribution in [2.45, 2.75) is 20.0 Å². The van der Waals surface area contributed by atoms with Crippen LogP contribution in [0.15, 0.2) is 59.4 Å². The fourth-order valence-electron chi connectivity index (χ4n) is 3.21. The van der Waals surface area contributed by atoms with Gasteiger partial charge < -0.3 is 4.98 Å². The zero-order valence-corrected chi connectivity index (χ0v) is 17.3. The van der Waals surface area contributed by atoms with Crippen LogP contribution >= 0.6 is 22.9 Å². The molecule has 4 aromatic rings. The normalized spacial score (nSPS) is 11.4. The van der Waals surface area contributed by atoms with Gasteiger partial charge in [-0.2, -0.15) is 0 Å². The van der Waals surface area contributed by atoms with Crippen molar-refractivity contribution in [2.75, 3.05) is 7.05 Å². The molecule has 6 heteroatoms. The maximum atomic E-state index is 12.6. The van der Waals surface area contributed by atoms with Crippen LogP contribution < -0.4 is 5.56 Å². The van der Waals surface area contributed by atoms with Gasteiger partial charge in [-0.3, -0.25) is 9.69 Å². The molecule has 0 bridgehead atoms. The second-order valence-corrected chi connectivity index (χ2v) is 8.43. The second-order valence-electron chi connectivity index (χ2n) is 6.94. The Kier molecular flexibility index (Phi) is 5.31. The number of hydrogen-bond donors (Lipinski definition) is 1. The number of halogens is 1. The van der Waals surface area contributed by atoms with Crippen LogP contribution in [0, 0.1) is 6.92 Å². The monoisotopic (exact) mass is 409 g/mol. The molecule has 0 aliphatic rings. The Bertz CT molecular complexity index is 1180. The summed E-state index contributed by atoms with van der Waals surface area (Å²) in [5.41, 5.74) is 4.21. The van der Waals surface area contributed by atoms with E-state index in [1.54, 1.807) is 0 Å². The predicted octanol–water partition coefficient (Wildman–Crippen LogP) is 5.25. The third-order valence-electron chi connectivity index (χ3n) is 4.68. The van der Waals surface area contributed by atoms with E-state index in [1.165, 1.54) is 22.5 Å². The van der Waals surface area contributed by atoms with Crippen molar-refractivity contribution < 1.29 is 0 Å². The highest BCUT2D eigenvalue weighted by atomic mass is 35.5. The lowest BCUT2D eigenvalue weighted by molar-refractivity contribution is 0.310. The molecule has 4 rings (SSSR count). The van der Waals surface area contributed by atoms with Gasteiger partial charge in [0, 0.05) is 16.4 Å². The zero-order valence-electron chi connectivity index (χ0n) is 15.7. The van der Waals surface area contributed by atoms with Crippen LogP contribution in [-0.2, 0) is 13.1 Å². The summed E-state index contributed by atoms with van der Waals surface area (Å²) in [5.74, 6) is 0.675. The number of aryl methyl sites for hydroxylation is 1. The summed E-state index contributed by atoms with van der Waals surface area (Å²) in [4.78, 5) is 23.4. The van der Waals surface area contributed by atoms with E-state index >= 15 is 0 Å². The molecule has 0 spiro atoms. The quantitative estimate of drug-likeness (QED) is 0.490. The first-order valence-electron chi connectivity index (χ1n) is 9.01. The zero-order chi connectivity index (χ0) is 19.7. The number of nitrogens with zero attached hydrogens (tertiary/aromatic N) is 2. The maximum absolute atomic E-state index is 12.6. The van der Waals surface area contributed by atoms with E-state index in [1.807, 2.05) is 49.5 Å². The first-order chi connectivity index (χ1) is 13.5. The number of nitrogens with one attached hydrogen (secondary N) is 1. The largest absolute Gasteiger partial charge is 0.308 e. The Balaban J connectivity index is 1.59. The topological polar surface area (TPSA) is 49.0 Å². The van der Waals surface area contributed by atoms with Crippen molar-refractivity contribution in [3.63, 3.8) is 0 Å². The molecule has 2 aromatic carbocycles. The van der Waals surface area contributed by atoms with Gasteiger partial charge in [-0.15, -0.1) is 11.3 Å². The van der Waals surface area contributed by atoms with Gasteiger partial charge in [0.1, 0.15) is 10.5 Å². The van der Waals surface area contributed by atoms with E-state index in [4.69, 9.17) is 16.6 Å². The third kappa shape index (κ3) is 4.02. The summed E-state index contributed by atoms with van der Waals surface area (Å²) in [7, 11) is 2.03. The fraction of sp³-hybridized carbons (Fsp3) is 0.182. The van der Waals surface area contributed by atoms with Gasteiger partial charge in [0.25, 0.3) is 5.56 Å². The highest BCUT2D eigenvalue weighted by Gasteiger charge is 2.12. The van der Waals surface area contributed by atoms with Crippen LogP contribution in [0.2, 0.25) is 5.02 Å². The van der Waals surface area contributed by atoms with Gasteiger partial charge in [-0.1, -0.05) is 48.0 Å². The minimum Gasteiger partial charge on any atom is -0.308 e. The molecule has 0 amide bonds. The van der Waals surface area contributed by atoms with Crippen molar-refractivity contribution in [1.82, 2.24) is 14.9 Å². The van der Waals surface area contributed by atoms with Gasteiger partial charge in [0.15, 0.2) is 0 Å². The summed E-state index contributed by atoms with van der Waals surface area (Å²) in [5, 5.41) is 0.694. The van der Waals surface area contributed by atoms with Gasteiger partial charge in [0.05, 0.1) is 12.1 Å². The number of aromatic nitrogens is 2. The summed E-state index contributed by atoms with van der Waals surface area (Å²) in [6, 6.07) is 17.9. The van der Waals surface area contributed by atoms with Gasteiger partial charge in [0.2, 0.25) is 0 Å². The van der Waals surface area contributed by atoms with Crippen LogP contribution in [0.3, 0.4) is 0 Å². The molecule has 0 atom stereocenters. The maximum Gasteiger partial charge on any atom is 0.268 e. The molecule has 2 aromatic heterocycles. The summed E-state index contributed by atoms with van der Waals surface area (Å²) in [6.07, 6.45) is 0. The van der Waals surface area contributed by atoms with E-state index in [0.29, 0.717) is 22.1 Å². The van der Waals surface area contributed by atoms with E-state index in [-0.39, 0.29) is 5.56 Å². The SMILES string of the molecule is Cc1ccccc1CN(C)Cc1nc2cc(-c3ccc(Cl)cc3)sc2c(=O)[nH]1. The Morgan fingerprint density at radius 3 is 2.61 bits per heavy atom. The van der Waals surface area contributed by atoms with E-state index in [0.717, 1.165) is 22.5 Å². The molecule has 0 fully saturated rings. The summed E-state index contributed by atoms with van der Waals surface area (Å²) < 4.78 is 0.648. The van der Waals surface area contributed by atoms with Crippen molar-refractivity contribution >= 4 is 33.2 Å². The Hall–Kier alpha value is -2.47. The molecule has 0 radical (unpaired) electrons. The number of rotatable bonds is 5. The Morgan fingerprint density at radius 2 is 1.86 bits per heavy atom. The molecule has 0 unspecified atom stereocenters. The van der Waals surface area contributed by atoms with Gasteiger partial charge in [-0.25, -0.2) is 4.98 Å². The molecular weight excluding hydrogens is 390 g/mol. The van der Waals surface area contributed by atoms with Crippen LogP contribution in [0.1, 0.15) is 17.0 Å². The Labute approximate surface area is 172 Å². The van der Waals surface area contributed by atoms with E-state index in [2.05, 4.69) is 28.9 Å². The number of aromatic amines is 1. The number of fused-ring (bicyclic) bond motifs is 1. The molecule has 1 N–H and O–H groups in total. The Morgan fingerprint density at radius 1 is 1.11 bits per heavy atom. The lowest BCUT2D eigenvalue weighted by atomic mass is 10.1. The molecular formula is C22H20ClN3OS. The first-order valence-corrected chi connectivity index (χ1v) is 10.2. The number of H-pyrrole nitrogens is 1. The average Bonchev–Trinajstić information content (AvgIpc) is 3.09. The molecule has 4 nitrogen and oxygen atoms in total. The molecule has 2 heterocycles. The molecule has 0 saturated heterocycles. The summed E-state index contributed by atoms with van der Waals surface area (Å²) in [6.45, 7) is 3.48. The fourth-order valence-corrected chi connectivity index (χ4v) is 4.33. The second kappa shape index (κ2) is 7.87.